The maximum Gasteiger partial charge on any atom is 0.341 e. The van der Waals surface area contributed by atoms with Crippen LogP contribution in [0.2, 0.25) is 0 Å². The Bertz CT molecular complexity index is 869. The zero-order valence-corrected chi connectivity index (χ0v) is 12.2. The van der Waals surface area contributed by atoms with Crippen LogP contribution < -0.4 is 4.74 Å². The van der Waals surface area contributed by atoms with Gasteiger partial charge < -0.3 is 9.84 Å². The van der Waals surface area contributed by atoms with Crippen LogP contribution in [0.15, 0.2) is 66.7 Å². The number of hydrogen-bond donors (Lipinski definition) is 1. The summed E-state index contributed by atoms with van der Waals surface area (Å²) >= 11 is 0. The molecule has 23 heavy (non-hydrogen) atoms. The molecule has 0 fully saturated rings. The van der Waals surface area contributed by atoms with Gasteiger partial charge in [-0.25, -0.2) is 4.79 Å². The topological polar surface area (TPSA) is 63.6 Å². The molecule has 0 aliphatic rings. The van der Waals surface area contributed by atoms with Crippen molar-refractivity contribution < 1.29 is 19.4 Å². The summed E-state index contributed by atoms with van der Waals surface area (Å²) in [7, 11) is 0. The number of rotatable bonds is 5. The van der Waals surface area contributed by atoms with Crippen molar-refractivity contribution in [3.05, 3.63) is 77.9 Å². The highest BCUT2D eigenvalue weighted by Crippen LogP contribution is 2.23. The Labute approximate surface area is 132 Å². The minimum Gasteiger partial charge on any atom is -0.482 e. The van der Waals surface area contributed by atoms with Gasteiger partial charge in [0.2, 0.25) is 0 Å². The fraction of sp³-hybridized carbons (Fsp3) is 0.0526. The van der Waals surface area contributed by atoms with Crippen LogP contribution in [0.1, 0.15) is 15.9 Å². The largest absolute Gasteiger partial charge is 0.482 e. The molecule has 0 aliphatic heterocycles. The number of aliphatic carboxylic acids is 1. The zero-order valence-electron chi connectivity index (χ0n) is 12.2. The third-order valence-corrected chi connectivity index (χ3v) is 3.47. The van der Waals surface area contributed by atoms with E-state index in [1.54, 1.807) is 30.3 Å². The van der Waals surface area contributed by atoms with Crippen LogP contribution in [-0.4, -0.2) is 23.5 Å². The average Bonchev–Trinajstić information content (AvgIpc) is 2.59. The van der Waals surface area contributed by atoms with Crippen molar-refractivity contribution in [2.24, 2.45) is 0 Å². The second kappa shape index (κ2) is 6.32. The second-order valence-corrected chi connectivity index (χ2v) is 5.10. The summed E-state index contributed by atoms with van der Waals surface area (Å²) in [6.45, 7) is -0.379. The first-order chi connectivity index (χ1) is 11.1. The van der Waals surface area contributed by atoms with Gasteiger partial charge in [-0.1, -0.05) is 48.5 Å². The molecular formula is C19H14O4. The van der Waals surface area contributed by atoms with Gasteiger partial charge in [-0.15, -0.1) is 0 Å². The lowest BCUT2D eigenvalue weighted by Gasteiger charge is -2.07. The van der Waals surface area contributed by atoms with Crippen molar-refractivity contribution in [1.82, 2.24) is 0 Å². The Morgan fingerprint density at radius 3 is 2.26 bits per heavy atom. The Hall–Kier alpha value is -3.14. The van der Waals surface area contributed by atoms with Crippen molar-refractivity contribution in [1.29, 1.82) is 0 Å². The van der Waals surface area contributed by atoms with Crippen LogP contribution in [0.4, 0.5) is 0 Å². The molecule has 0 spiro atoms. The summed E-state index contributed by atoms with van der Waals surface area (Å²) in [6, 6.07) is 19.8. The van der Waals surface area contributed by atoms with Crippen molar-refractivity contribution >= 4 is 22.5 Å². The minimum absolute atomic E-state index is 0.0290. The highest BCUT2D eigenvalue weighted by Gasteiger charge is 2.09. The van der Waals surface area contributed by atoms with Gasteiger partial charge in [0.05, 0.1) is 0 Å². The first-order valence-electron chi connectivity index (χ1n) is 7.11. The molecule has 0 unspecified atom stereocenters. The second-order valence-electron chi connectivity index (χ2n) is 5.10. The molecule has 1 N–H and O–H groups in total. The average molecular weight is 306 g/mol. The molecule has 0 heterocycles. The Morgan fingerprint density at radius 2 is 1.52 bits per heavy atom. The zero-order chi connectivity index (χ0) is 16.2. The van der Waals surface area contributed by atoms with Crippen LogP contribution in [0.5, 0.6) is 5.75 Å². The lowest BCUT2D eigenvalue weighted by Crippen LogP contribution is -2.09. The molecule has 4 heteroatoms. The first kappa shape index (κ1) is 14.8. The molecule has 0 bridgehead atoms. The third-order valence-electron chi connectivity index (χ3n) is 3.47. The highest BCUT2D eigenvalue weighted by atomic mass is 16.5. The Balaban J connectivity index is 1.89. The lowest BCUT2D eigenvalue weighted by molar-refractivity contribution is -0.139. The molecule has 0 aliphatic carbocycles. The van der Waals surface area contributed by atoms with Crippen molar-refractivity contribution in [2.75, 3.05) is 6.61 Å². The van der Waals surface area contributed by atoms with Crippen LogP contribution in [0, 0.1) is 0 Å². The number of carboxylic acids is 1. The van der Waals surface area contributed by atoms with E-state index in [1.807, 2.05) is 36.4 Å². The lowest BCUT2D eigenvalue weighted by atomic mass is 10.00. The number of ketones is 1. The van der Waals surface area contributed by atoms with Gasteiger partial charge in [0.25, 0.3) is 0 Å². The smallest absolute Gasteiger partial charge is 0.341 e. The highest BCUT2D eigenvalue weighted by molar-refractivity contribution is 6.10. The summed E-state index contributed by atoms with van der Waals surface area (Å²) in [5.74, 6) is -0.561. The standard InChI is InChI=1S/C19H14O4/c20-18(21)12-23-17-9-8-14-10-16(7-6-15(14)11-17)19(22)13-4-2-1-3-5-13/h1-11H,12H2,(H,20,21). The fourth-order valence-corrected chi connectivity index (χ4v) is 2.36. The monoisotopic (exact) mass is 306 g/mol. The summed E-state index contributed by atoms with van der Waals surface area (Å²) < 4.78 is 5.16. The van der Waals surface area contributed by atoms with Gasteiger partial charge >= 0.3 is 5.97 Å². The Kier molecular flexibility index (Phi) is 4.06. The third kappa shape index (κ3) is 3.37. The number of carbonyl (C=O) groups excluding carboxylic acids is 1. The fourth-order valence-electron chi connectivity index (χ4n) is 2.36. The van der Waals surface area contributed by atoms with Gasteiger partial charge in [0.15, 0.2) is 12.4 Å². The van der Waals surface area contributed by atoms with E-state index < -0.39 is 5.97 Å². The SMILES string of the molecule is O=C(O)COc1ccc2cc(C(=O)c3ccccc3)ccc2c1. The molecule has 0 saturated heterocycles. The summed E-state index contributed by atoms with van der Waals surface area (Å²) in [5.41, 5.74) is 1.26. The molecule has 3 aromatic rings. The molecular weight excluding hydrogens is 292 g/mol. The van der Waals surface area contributed by atoms with Crippen LogP contribution in [-0.2, 0) is 4.79 Å². The predicted molar refractivity (Wildman–Crippen MR) is 87.0 cm³/mol. The molecule has 0 amide bonds. The number of carboxylic acid groups (broad SMARTS) is 1. The quantitative estimate of drug-likeness (QED) is 0.732. The van der Waals surface area contributed by atoms with Gasteiger partial charge in [-0.3, -0.25) is 4.79 Å². The van der Waals surface area contributed by atoms with E-state index in [9.17, 15) is 9.59 Å². The number of ether oxygens (including phenoxy) is 1. The van der Waals surface area contributed by atoms with E-state index in [2.05, 4.69) is 0 Å². The van der Waals surface area contributed by atoms with Crippen LogP contribution in [0.3, 0.4) is 0 Å². The van der Waals surface area contributed by atoms with Crippen molar-refractivity contribution in [3.8, 4) is 5.75 Å². The molecule has 0 radical (unpaired) electrons. The molecule has 4 nitrogen and oxygen atoms in total. The van der Waals surface area contributed by atoms with Gasteiger partial charge in [0.1, 0.15) is 5.75 Å². The maximum atomic E-state index is 12.4. The van der Waals surface area contributed by atoms with Crippen molar-refractivity contribution in [2.45, 2.75) is 0 Å². The van der Waals surface area contributed by atoms with E-state index in [4.69, 9.17) is 9.84 Å². The van der Waals surface area contributed by atoms with Crippen LogP contribution in [0.25, 0.3) is 10.8 Å². The van der Waals surface area contributed by atoms with E-state index in [-0.39, 0.29) is 12.4 Å². The normalized spacial score (nSPS) is 10.4. The molecule has 0 atom stereocenters. The number of carbonyl (C=O) groups is 2. The van der Waals surface area contributed by atoms with Gasteiger partial charge in [0, 0.05) is 11.1 Å². The van der Waals surface area contributed by atoms with Crippen molar-refractivity contribution in [3.63, 3.8) is 0 Å². The number of fused-ring (bicyclic) bond motifs is 1. The number of benzene rings is 3. The van der Waals surface area contributed by atoms with E-state index in [1.165, 1.54) is 0 Å². The predicted octanol–water partition coefficient (Wildman–Crippen LogP) is 3.53. The van der Waals surface area contributed by atoms with E-state index >= 15 is 0 Å². The number of hydrogen-bond acceptors (Lipinski definition) is 3. The molecule has 114 valence electrons. The molecule has 0 aromatic heterocycles. The Morgan fingerprint density at radius 1 is 0.826 bits per heavy atom. The first-order valence-corrected chi connectivity index (χ1v) is 7.11. The summed E-state index contributed by atoms with van der Waals surface area (Å²) in [6.07, 6.45) is 0. The van der Waals surface area contributed by atoms with Gasteiger partial charge in [-0.05, 0) is 29.0 Å². The van der Waals surface area contributed by atoms with Crippen LogP contribution >= 0.6 is 0 Å². The maximum absolute atomic E-state index is 12.4. The summed E-state index contributed by atoms with van der Waals surface area (Å²) in [5, 5.41) is 10.4. The summed E-state index contributed by atoms with van der Waals surface area (Å²) in [4.78, 5) is 23.0. The molecule has 0 saturated carbocycles. The molecule has 3 rings (SSSR count). The molecule has 3 aromatic carbocycles. The minimum atomic E-state index is -1.02. The van der Waals surface area contributed by atoms with Gasteiger partial charge in [-0.2, -0.15) is 0 Å². The van der Waals surface area contributed by atoms with E-state index in [0.29, 0.717) is 16.9 Å². The van der Waals surface area contributed by atoms with E-state index in [0.717, 1.165) is 10.8 Å².